The fourth-order valence-corrected chi connectivity index (χ4v) is 5.89. The van der Waals surface area contributed by atoms with Gasteiger partial charge in [-0.1, -0.05) is 72.3 Å². The predicted octanol–water partition coefficient (Wildman–Crippen LogP) is 6.19. The van der Waals surface area contributed by atoms with Crippen LogP contribution in [-0.4, -0.2) is 61.1 Å². The third-order valence-corrected chi connectivity index (χ3v) is 7.99. The molecule has 38 heavy (non-hydrogen) atoms. The number of piperidine rings is 1. The summed E-state index contributed by atoms with van der Waals surface area (Å²) in [5.74, 6) is 0.569. The van der Waals surface area contributed by atoms with Gasteiger partial charge in [-0.3, -0.25) is 9.69 Å². The van der Waals surface area contributed by atoms with Gasteiger partial charge >= 0.3 is 0 Å². The third kappa shape index (κ3) is 6.96. The van der Waals surface area contributed by atoms with Crippen molar-refractivity contribution in [3.63, 3.8) is 0 Å². The maximum absolute atomic E-state index is 12.6. The Morgan fingerprint density at radius 3 is 2.13 bits per heavy atom. The van der Waals surface area contributed by atoms with Crippen LogP contribution in [0.4, 0.5) is 0 Å². The van der Waals surface area contributed by atoms with Crippen molar-refractivity contribution in [2.24, 2.45) is 0 Å². The van der Waals surface area contributed by atoms with Gasteiger partial charge in [0, 0.05) is 25.2 Å². The van der Waals surface area contributed by atoms with Crippen molar-refractivity contribution in [1.82, 2.24) is 15.1 Å². The Bertz CT molecular complexity index is 1120. The number of nitrogens with zero attached hydrogens (tertiary/aromatic N) is 2. The summed E-state index contributed by atoms with van der Waals surface area (Å²) in [6.07, 6.45) is 5.49. The van der Waals surface area contributed by atoms with Gasteiger partial charge in [-0.2, -0.15) is 0 Å². The molecule has 0 saturated carbocycles. The summed E-state index contributed by atoms with van der Waals surface area (Å²) in [4.78, 5) is 17.6. The van der Waals surface area contributed by atoms with Gasteiger partial charge in [0.05, 0.1) is 11.1 Å². The van der Waals surface area contributed by atoms with E-state index in [0.29, 0.717) is 22.9 Å². The van der Waals surface area contributed by atoms with Gasteiger partial charge in [0.2, 0.25) is 0 Å². The smallest absolute Gasteiger partial charge is 0.251 e. The maximum Gasteiger partial charge on any atom is 0.251 e. The fraction of sp³-hybridized carbons (Fsp3) is 0.406. The zero-order valence-electron chi connectivity index (χ0n) is 22.0. The Kier molecular flexibility index (Phi) is 9.34. The van der Waals surface area contributed by atoms with Crippen molar-refractivity contribution in [2.75, 3.05) is 39.3 Å². The highest BCUT2D eigenvalue weighted by Crippen LogP contribution is 2.33. The molecular weight excluding hydrogens is 494 g/mol. The molecule has 0 aliphatic carbocycles. The molecule has 6 heteroatoms. The average Bonchev–Trinajstić information content (AvgIpc) is 3.48. The lowest BCUT2D eigenvalue weighted by atomic mass is 9.94. The second-order valence-corrected chi connectivity index (χ2v) is 10.8. The second-order valence-electron chi connectivity index (χ2n) is 10.4. The predicted molar refractivity (Wildman–Crippen MR) is 154 cm³/mol. The van der Waals surface area contributed by atoms with E-state index >= 15 is 0 Å². The van der Waals surface area contributed by atoms with Crippen molar-refractivity contribution in [1.29, 1.82) is 0 Å². The molecule has 2 aliphatic rings. The molecule has 0 unspecified atom stereocenters. The molecule has 3 aromatic carbocycles. The summed E-state index contributed by atoms with van der Waals surface area (Å²) in [6.45, 7) is 5.97. The number of rotatable bonds is 10. The van der Waals surface area contributed by atoms with Crippen LogP contribution in [0.15, 0.2) is 78.9 Å². The molecule has 2 aliphatic heterocycles. The summed E-state index contributed by atoms with van der Waals surface area (Å²) in [7, 11) is 0. The number of ether oxygens (including phenoxy) is 1. The molecule has 1 N–H and O–H groups in total. The number of halogens is 1. The maximum atomic E-state index is 12.6. The number of hydrogen-bond acceptors (Lipinski definition) is 4. The van der Waals surface area contributed by atoms with E-state index in [-0.39, 0.29) is 18.1 Å². The molecule has 2 fully saturated rings. The van der Waals surface area contributed by atoms with Crippen molar-refractivity contribution in [2.45, 2.75) is 44.2 Å². The van der Waals surface area contributed by atoms with E-state index in [1.54, 1.807) is 6.07 Å². The number of amides is 1. The van der Waals surface area contributed by atoms with E-state index in [1.807, 2.05) is 12.1 Å². The molecule has 0 spiro atoms. The third-order valence-electron chi connectivity index (χ3n) is 7.70. The van der Waals surface area contributed by atoms with Crippen molar-refractivity contribution in [3.05, 3.63) is 101 Å². The lowest BCUT2D eigenvalue weighted by Gasteiger charge is -2.38. The Morgan fingerprint density at radius 2 is 1.53 bits per heavy atom. The van der Waals surface area contributed by atoms with Crippen LogP contribution >= 0.6 is 11.6 Å². The van der Waals surface area contributed by atoms with Crippen molar-refractivity contribution >= 4 is 17.5 Å². The largest absolute Gasteiger partial charge is 0.489 e. The standard InChI is InChI=1S/C32H38ClN3O2/c33-29-24-27(32(37)34-18-9-21-35-19-7-8-20-35)14-15-30(29)38-28-16-22-36(23-17-28)31(25-10-3-1-4-11-25)26-12-5-2-6-13-26/h1-6,10-15,24,28,31H,7-9,16-23H2,(H,34,37). The number of nitrogens with one attached hydrogen (secondary N) is 1. The average molecular weight is 532 g/mol. The summed E-state index contributed by atoms with van der Waals surface area (Å²) in [6, 6.07) is 27.1. The minimum Gasteiger partial charge on any atom is -0.489 e. The molecule has 2 heterocycles. The first kappa shape index (κ1) is 26.7. The summed E-state index contributed by atoms with van der Waals surface area (Å²) in [5, 5.41) is 3.51. The van der Waals surface area contributed by atoms with Gasteiger partial charge in [0.25, 0.3) is 5.91 Å². The minimum atomic E-state index is -0.0824. The lowest BCUT2D eigenvalue weighted by Crippen LogP contribution is -2.40. The Hall–Kier alpha value is -2.86. The van der Waals surface area contributed by atoms with Crippen molar-refractivity contribution < 1.29 is 9.53 Å². The molecule has 5 nitrogen and oxygen atoms in total. The fourth-order valence-electron chi connectivity index (χ4n) is 5.67. The van der Waals surface area contributed by atoms with Gasteiger partial charge < -0.3 is 15.0 Å². The van der Waals surface area contributed by atoms with Gasteiger partial charge in [-0.05, 0) is 81.1 Å². The highest BCUT2D eigenvalue weighted by atomic mass is 35.5. The molecule has 1 amide bonds. The van der Waals surface area contributed by atoms with E-state index in [2.05, 4.69) is 75.8 Å². The minimum absolute atomic E-state index is 0.0824. The van der Waals surface area contributed by atoms with E-state index in [1.165, 1.54) is 37.1 Å². The topological polar surface area (TPSA) is 44.8 Å². The number of likely N-dealkylation sites (tertiary alicyclic amines) is 2. The molecule has 0 atom stereocenters. The summed E-state index contributed by atoms with van der Waals surface area (Å²) >= 11 is 6.56. The SMILES string of the molecule is O=C(NCCCN1CCCC1)c1ccc(OC2CCN(C(c3ccccc3)c3ccccc3)CC2)c(Cl)c1. The molecule has 5 rings (SSSR count). The van der Waals surface area contributed by atoms with E-state index < -0.39 is 0 Å². The highest BCUT2D eigenvalue weighted by Gasteiger charge is 2.28. The molecule has 3 aromatic rings. The van der Waals surface area contributed by atoms with Crippen LogP contribution in [0.1, 0.15) is 59.6 Å². The Balaban J connectivity index is 1.13. The number of carbonyl (C=O) groups is 1. The van der Waals surface area contributed by atoms with Crippen LogP contribution in [0.3, 0.4) is 0 Å². The lowest BCUT2D eigenvalue weighted by molar-refractivity contribution is 0.0847. The van der Waals surface area contributed by atoms with Gasteiger partial charge in [0.1, 0.15) is 11.9 Å². The molecule has 200 valence electrons. The molecule has 2 saturated heterocycles. The zero-order chi connectivity index (χ0) is 26.2. The van der Waals surface area contributed by atoms with Crippen LogP contribution in [0.2, 0.25) is 5.02 Å². The highest BCUT2D eigenvalue weighted by molar-refractivity contribution is 6.32. The van der Waals surface area contributed by atoms with Crippen LogP contribution in [0.25, 0.3) is 0 Å². The monoisotopic (exact) mass is 531 g/mol. The van der Waals surface area contributed by atoms with Gasteiger partial charge in [-0.15, -0.1) is 0 Å². The molecule has 0 radical (unpaired) electrons. The van der Waals surface area contributed by atoms with E-state index in [9.17, 15) is 4.79 Å². The quantitative estimate of drug-likeness (QED) is 0.317. The Labute approximate surface area is 231 Å². The number of hydrogen-bond donors (Lipinski definition) is 1. The first-order valence-electron chi connectivity index (χ1n) is 14.0. The summed E-state index contributed by atoms with van der Waals surface area (Å²) in [5.41, 5.74) is 3.20. The van der Waals surface area contributed by atoms with E-state index in [0.717, 1.165) is 38.9 Å². The second kappa shape index (κ2) is 13.3. The normalized spacial score (nSPS) is 17.1. The first-order chi connectivity index (χ1) is 18.7. The Morgan fingerprint density at radius 1 is 0.895 bits per heavy atom. The zero-order valence-corrected chi connectivity index (χ0v) is 22.8. The van der Waals surface area contributed by atoms with Gasteiger partial charge in [-0.25, -0.2) is 0 Å². The van der Waals surface area contributed by atoms with Crippen LogP contribution in [0, 0.1) is 0 Å². The molecule has 0 bridgehead atoms. The van der Waals surface area contributed by atoms with Crippen LogP contribution < -0.4 is 10.1 Å². The van der Waals surface area contributed by atoms with Crippen LogP contribution in [0.5, 0.6) is 5.75 Å². The van der Waals surface area contributed by atoms with Gasteiger partial charge in [0.15, 0.2) is 0 Å². The van der Waals surface area contributed by atoms with E-state index in [4.69, 9.17) is 16.3 Å². The number of benzene rings is 3. The number of carbonyl (C=O) groups excluding carboxylic acids is 1. The first-order valence-corrected chi connectivity index (χ1v) is 14.4. The molecular formula is C32H38ClN3O2. The van der Waals surface area contributed by atoms with Crippen molar-refractivity contribution in [3.8, 4) is 5.75 Å². The summed E-state index contributed by atoms with van der Waals surface area (Å²) < 4.78 is 6.32. The molecule has 0 aromatic heterocycles. The van der Waals surface area contributed by atoms with Crippen LogP contribution in [-0.2, 0) is 0 Å².